The monoisotopic (exact) mass is 266 g/mol. The summed E-state index contributed by atoms with van der Waals surface area (Å²) in [6.07, 6.45) is 0. The molecule has 0 fully saturated rings. The molecule has 78 valence electrons. The van der Waals surface area contributed by atoms with Gasteiger partial charge in [0.2, 0.25) is 0 Å². The number of pyridine rings is 1. The van der Waals surface area contributed by atoms with E-state index in [0.717, 1.165) is 20.9 Å². The van der Waals surface area contributed by atoms with Gasteiger partial charge in [-0.3, -0.25) is 4.79 Å². The van der Waals surface area contributed by atoms with Gasteiger partial charge in [-0.1, -0.05) is 22.0 Å². The van der Waals surface area contributed by atoms with Crippen molar-refractivity contribution < 1.29 is 0 Å². The van der Waals surface area contributed by atoms with Crippen LogP contribution in [0.5, 0.6) is 0 Å². The molecule has 0 spiro atoms. The molecule has 0 atom stereocenters. The van der Waals surface area contributed by atoms with Crippen molar-refractivity contribution in [3.05, 3.63) is 44.7 Å². The van der Waals surface area contributed by atoms with Crippen molar-refractivity contribution in [2.24, 2.45) is 12.8 Å². The minimum absolute atomic E-state index is 0.0268. The van der Waals surface area contributed by atoms with Crippen LogP contribution in [0, 0.1) is 0 Å². The number of halogens is 1. The number of benzene rings is 1. The zero-order valence-corrected chi connectivity index (χ0v) is 9.91. The quantitative estimate of drug-likeness (QED) is 0.855. The predicted octanol–water partition coefficient (Wildman–Crippen LogP) is 1.76. The lowest BCUT2D eigenvalue weighted by molar-refractivity contribution is 0.895. The van der Waals surface area contributed by atoms with Crippen molar-refractivity contribution in [2.45, 2.75) is 6.54 Å². The number of fused-ring (bicyclic) bond motifs is 1. The number of aryl methyl sites for hydroxylation is 1. The topological polar surface area (TPSA) is 48.0 Å². The first-order valence-corrected chi connectivity index (χ1v) is 5.41. The molecule has 0 unspecified atom stereocenters. The third-order valence-corrected chi connectivity index (χ3v) is 3.01. The first kappa shape index (κ1) is 10.4. The summed E-state index contributed by atoms with van der Waals surface area (Å²) in [6, 6.07) is 7.44. The third-order valence-electron chi connectivity index (χ3n) is 2.52. The van der Waals surface area contributed by atoms with Crippen LogP contribution in [0.4, 0.5) is 0 Å². The third kappa shape index (κ3) is 1.70. The van der Waals surface area contributed by atoms with Gasteiger partial charge in [-0.25, -0.2) is 0 Å². The van der Waals surface area contributed by atoms with Crippen LogP contribution in [0.15, 0.2) is 33.5 Å². The number of nitrogens with zero attached hydrogens (tertiary/aromatic N) is 1. The summed E-state index contributed by atoms with van der Waals surface area (Å²) >= 11 is 3.39. The number of hydrogen-bond donors (Lipinski definition) is 1. The van der Waals surface area contributed by atoms with Gasteiger partial charge in [-0.05, 0) is 17.7 Å². The summed E-state index contributed by atoms with van der Waals surface area (Å²) in [5, 5.41) is 1.03. The maximum absolute atomic E-state index is 11.6. The number of hydrogen-bond acceptors (Lipinski definition) is 2. The van der Waals surface area contributed by atoms with Gasteiger partial charge < -0.3 is 10.3 Å². The molecule has 1 aromatic carbocycles. The van der Waals surface area contributed by atoms with E-state index in [2.05, 4.69) is 15.9 Å². The first-order chi connectivity index (χ1) is 7.13. The largest absolute Gasteiger partial charge is 0.326 e. The van der Waals surface area contributed by atoms with Crippen LogP contribution in [0.25, 0.3) is 10.9 Å². The molecule has 0 radical (unpaired) electrons. The van der Waals surface area contributed by atoms with Gasteiger partial charge in [0.15, 0.2) is 0 Å². The zero-order valence-electron chi connectivity index (χ0n) is 8.33. The zero-order chi connectivity index (χ0) is 11.0. The van der Waals surface area contributed by atoms with Crippen LogP contribution in [-0.2, 0) is 13.6 Å². The highest BCUT2D eigenvalue weighted by Gasteiger charge is 2.05. The van der Waals surface area contributed by atoms with E-state index in [1.165, 1.54) is 0 Å². The average Bonchev–Trinajstić information content (AvgIpc) is 2.23. The fourth-order valence-electron chi connectivity index (χ4n) is 1.67. The van der Waals surface area contributed by atoms with Crippen molar-refractivity contribution in [1.82, 2.24) is 4.57 Å². The van der Waals surface area contributed by atoms with E-state index in [1.807, 2.05) is 18.2 Å². The van der Waals surface area contributed by atoms with Gasteiger partial charge in [0, 0.05) is 29.5 Å². The van der Waals surface area contributed by atoms with E-state index in [-0.39, 0.29) is 5.56 Å². The second-order valence-corrected chi connectivity index (χ2v) is 4.35. The van der Waals surface area contributed by atoms with E-state index in [0.29, 0.717) is 6.54 Å². The highest BCUT2D eigenvalue weighted by atomic mass is 79.9. The van der Waals surface area contributed by atoms with Crippen molar-refractivity contribution >= 4 is 26.8 Å². The Morgan fingerprint density at radius 2 is 2.13 bits per heavy atom. The number of aromatic nitrogens is 1. The highest BCUT2D eigenvalue weighted by molar-refractivity contribution is 9.10. The van der Waals surface area contributed by atoms with E-state index >= 15 is 0 Å². The lowest BCUT2D eigenvalue weighted by Gasteiger charge is -2.08. The molecule has 0 saturated heterocycles. The molecule has 0 bridgehead atoms. The van der Waals surface area contributed by atoms with Crippen molar-refractivity contribution in [2.75, 3.05) is 0 Å². The second-order valence-electron chi connectivity index (χ2n) is 3.43. The molecule has 2 aromatic rings. The Kier molecular flexibility index (Phi) is 2.63. The summed E-state index contributed by atoms with van der Waals surface area (Å²) in [5.74, 6) is 0. The normalized spacial score (nSPS) is 10.9. The molecule has 0 saturated carbocycles. The van der Waals surface area contributed by atoms with Crippen LogP contribution >= 0.6 is 15.9 Å². The standard InChI is InChI=1S/C11H11BrN2O/c1-14-10-5-8(12)2-3-9(10)7(6-13)4-11(14)15/h2-5H,6,13H2,1H3. The van der Waals surface area contributed by atoms with Crippen LogP contribution in [0.1, 0.15) is 5.56 Å². The molecular weight excluding hydrogens is 256 g/mol. The van der Waals surface area contributed by atoms with Gasteiger partial charge in [-0.15, -0.1) is 0 Å². The smallest absolute Gasteiger partial charge is 0.251 e. The Morgan fingerprint density at radius 3 is 2.80 bits per heavy atom. The van der Waals surface area contributed by atoms with Gasteiger partial charge in [0.05, 0.1) is 5.52 Å². The summed E-state index contributed by atoms with van der Waals surface area (Å²) in [4.78, 5) is 11.6. The molecule has 2 rings (SSSR count). The van der Waals surface area contributed by atoms with Crippen LogP contribution < -0.4 is 11.3 Å². The second kappa shape index (κ2) is 3.79. The molecule has 2 N–H and O–H groups in total. The maximum atomic E-state index is 11.6. The van der Waals surface area contributed by atoms with Crippen LogP contribution in [-0.4, -0.2) is 4.57 Å². The van der Waals surface area contributed by atoms with Crippen molar-refractivity contribution in [1.29, 1.82) is 0 Å². The Hall–Kier alpha value is -1.13. The minimum atomic E-state index is -0.0268. The number of nitrogens with two attached hydrogens (primary N) is 1. The van der Waals surface area contributed by atoms with E-state index < -0.39 is 0 Å². The van der Waals surface area contributed by atoms with Crippen molar-refractivity contribution in [3.63, 3.8) is 0 Å². The van der Waals surface area contributed by atoms with E-state index in [9.17, 15) is 4.79 Å². The Bertz CT molecular complexity index is 575. The van der Waals surface area contributed by atoms with Crippen LogP contribution in [0.3, 0.4) is 0 Å². The van der Waals surface area contributed by atoms with Crippen LogP contribution in [0.2, 0.25) is 0 Å². The molecule has 0 aliphatic carbocycles. The SMILES string of the molecule is Cn1c(=O)cc(CN)c2ccc(Br)cc21. The van der Waals surface area contributed by atoms with Gasteiger partial charge in [0.25, 0.3) is 5.56 Å². The fourth-order valence-corrected chi connectivity index (χ4v) is 2.01. The molecule has 4 heteroatoms. The fraction of sp³-hybridized carbons (Fsp3) is 0.182. The first-order valence-electron chi connectivity index (χ1n) is 4.61. The molecule has 1 aromatic heterocycles. The molecule has 0 aliphatic rings. The van der Waals surface area contributed by atoms with E-state index in [1.54, 1.807) is 17.7 Å². The summed E-state index contributed by atoms with van der Waals surface area (Å²) in [6.45, 7) is 0.383. The van der Waals surface area contributed by atoms with Gasteiger partial charge in [-0.2, -0.15) is 0 Å². The summed E-state index contributed by atoms with van der Waals surface area (Å²) in [7, 11) is 1.76. The lowest BCUT2D eigenvalue weighted by Crippen LogP contribution is -2.18. The highest BCUT2D eigenvalue weighted by Crippen LogP contribution is 2.20. The molecule has 1 heterocycles. The van der Waals surface area contributed by atoms with E-state index in [4.69, 9.17) is 5.73 Å². The van der Waals surface area contributed by atoms with Gasteiger partial charge in [0.1, 0.15) is 0 Å². The lowest BCUT2D eigenvalue weighted by atomic mass is 10.1. The summed E-state index contributed by atoms with van der Waals surface area (Å²) in [5.41, 5.74) is 7.38. The molecule has 15 heavy (non-hydrogen) atoms. The predicted molar refractivity (Wildman–Crippen MR) is 64.8 cm³/mol. The molecular formula is C11H11BrN2O. The Morgan fingerprint density at radius 1 is 1.40 bits per heavy atom. The molecule has 3 nitrogen and oxygen atoms in total. The molecule has 0 aliphatic heterocycles. The minimum Gasteiger partial charge on any atom is -0.326 e. The summed E-state index contributed by atoms with van der Waals surface area (Å²) < 4.78 is 2.58. The Balaban J connectivity index is 2.96. The number of rotatable bonds is 1. The van der Waals surface area contributed by atoms with Gasteiger partial charge >= 0.3 is 0 Å². The maximum Gasteiger partial charge on any atom is 0.251 e. The Labute approximate surface area is 95.6 Å². The van der Waals surface area contributed by atoms with Crippen molar-refractivity contribution in [3.8, 4) is 0 Å². The average molecular weight is 267 g/mol. The molecule has 0 amide bonds.